The molecule has 0 bridgehead atoms. The highest BCUT2D eigenvalue weighted by atomic mass is 16.5. The molecule has 0 saturated carbocycles. The van der Waals surface area contributed by atoms with Gasteiger partial charge < -0.3 is 15.2 Å². The van der Waals surface area contributed by atoms with Gasteiger partial charge in [0.15, 0.2) is 6.04 Å². The highest BCUT2D eigenvalue weighted by Crippen LogP contribution is 2.04. The summed E-state index contributed by atoms with van der Waals surface area (Å²) in [5.41, 5.74) is 3.11. The minimum absolute atomic E-state index is 0.341. The van der Waals surface area contributed by atoms with Crippen LogP contribution >= 0.6 is 0 Å². The topological polar surface area (TPSA) is 75.6 Å². The molecule has 1 amide bonds. The number of ether oxygens (including phenoxy) is 1. The van der Waals surface area contributed by atoms with Crippen molar-refractivity contribution >= 4 is 11.9 Å². The van der Waals surface area contributed by atoms with E-state index in [0.717, 1.165) is 5.56 Å². The number of aryl methyl sites for hydroxylation is 1. The van der Waals surface area contributed by atoms with Crippen LogP contribution in [0.1, 0.15) is 27.0 Å². The maximum Gasteiger partial charge on any atom is 0.330 e. The number of nitrogens with one attached hydrogen (secondary N) is 1. The Hall–Kier alpha value is -3.54. The van der Waals surface area contributed by atoms with Crippen LogP contribution in [0.2, 0.25) is 0 Å². The van der Waals surface area contributed by atoms with Gasteiger partial charge in [-0.1, -0.05) is 29.5 Å². The molecule has 0 spiro atoms. The van der Waals surface area contributed by atoms with Gasteiger partial charge in [-0.05, 0) is 55.2 Å². The summed E-state index contributed by atoms with van der Waals surface area (Å²) in [5.74, 6) is 10.2. The van der Waals surface area contributed by atoms with Crippen LogP contribution in [0.5, 0.6) is 0 Å². The average Bonchev–Trinajstić information content (AvgIpc) is 2.70. The summed E-state index contributed by atoms with van der Waals surface area (Å²) < 4.78 is 4.51. The number of aliphatic hydroxyl groups excluding tert-OH is 1. The Balaban J connectivity index is 2.00. The number of carbonyl (C=O) groups excluding carboxylic acids is 2. The summed E-state index contributed by atoms with van der Waals surface area (Å²) in [6.07, 6.45) is 0. The maximum absolute atomic E-state index is 12.1. The molecule has 27 heavy (non-hydrogen) atoms. The van der Waals surface area contributed by atoms with Gasteiger partial charge >= 0.3 is 5.97 Å². The molecule has 0 aliphatic rings. The summed E-state index contributed by atoms with van der Waals surface area (Å²) >= 11 is 0. The first-order valence-corrected chi connectivity index (χ1v) is 8.22. The highest BCUT2D eigenvalue weighted by molar-refractivity contribution is 5.96. The van der Waals surface area contributed by atoms with Crippen LogP contribution in [0, 0.1) is 30.6 Å². The lowest BCUT2D eigenvalue weighted by Gasteiger charge is -2.13. The Morgan fingerprint density at radius 2 is 1.52 bits per heavy atom. The van der Waals surface area contributed by atoms with Crippen LogP contribution in [0.25, 0.3) is 0 Å². The van der Waals surface area contributed by atoms with Crippen molar-refractivity contribution in [3.8, 4) is 23.7 Å². The van der Waals surface area contributed by atoms with Crippen LogP contribution < -0.4 is 5.32 Å². The number of amides is 1. The van der Waals surface area contributed by atoms with Gasteiger partial charge in [-0.25, -0.2) is 4.79 Å². The first-order chi connectivity index (χ1) is 13.0. The Labute approximate surface area is 158 Å². The summed E-state index contributed by atoms with van der Waals surface area (Å²) in [4.78, 5) is 23.5. The number of esters is 1. The fourth-order valence-corrected chi connectivity index (χ4v) is 2.11. The van der Waals surface area contributed by atoms with Crippen molar-refractivity contribution in [2.45, 2.75) is 13.0 Å². The predicted molar refractivity (Wildman–Crippen MR) is 102 cm³/mol. The van der Waals surface area contributed by atoms with Gasteiger partial charge in [-0.2, -0.15) is 0 Å². The monoisotopic (exact) mass is 361 g/mol. The molecule has 0 fully saturated rings. The van der Waals surface area contributed by atoms with Gasteiger partial charge in [-0.15, -0.1) is 0 Å². The molecule has 0 heterocycles. The molecule has 5 nitrogen and oxygen atoms in total. The number of methoxy groups -OCH3 is 1. The fraction of sp³-hybridized carbons (Fsp3) is 0.182. The van der Waals surface area contributed by atoms with E-state index in [2.05, 4.69) is 33.7 Å². The fourth-order valence-electron chi connectivity index (χ4n) is 2.11. The van der Waals surface area contributed by atoms with Crippen LogP contribution in [0.15, 0.2) is 48.5 Å². The molecule has 136 valence electrons. The largest absolute Gasteiger partial charge is 0.467 e. The normalized spacial score (nSPS) is 10.5. The summed E-state index contributed by atoms with van der Waals surface area (Å²) in [5, 5.41) is 11.5. The molecule has 0 aliphatic carbocycles. The van der Waals surface area contributed by atoms with Gasteiger partial charge in [0.25, 0.3) is 5.91 Å². The molecule has 0 aliphatic heterocycles. The van der Waals surface area contributed by atoms with Gasteiger partial charge in [0.2, 0.25) is 0 Å². The van der Waals surface area contributed by atoms with Crippen molar-refractivity contribution in [3.63, 3.8) is 0 Å². The van der Waals surface area contributed by atoms with E-state index in [0.29, 0.717) is 11.1 Å². The molecule has 1 atom stereocenters. The number of hydrogen-bond acceptors (Lipinski definition) is 4. The SMILES string of the molecule is COC(=O)[C@@H](CO)NC(=O)c1ccc(C#CC#Cc2ccc(C)cc2)cc1. The Morgan fingerprint density at radius 1 is 1.00 bits per heavy atom. The third kappa shape index (κ3) is 6.04. The second-order valence-electron chi connectivity index (χ2n) is 5.68. The highest BCUT2D eigenvalue weighted by Gasteiger charge is 2.20. The Bertz CT molecular complexity index is 923. The number of aliphatic hydroxyl groups is 1. The second-order valence-corrected chi connectivity index (χ2v) is 5.68. The zero-order valence-corrected chi connectivity index (χ0v) is 15.1. The number of carbonyl (C=O) groups is 2. The van der Waals surface area contributed by atoms with Gasteiger partial charge in [0.1, 0.15) is 0 Å². The average molecular weight is 361 g/mol. The molecule has 0 radical (unpaired) electrons. The van der Waals surface area contributed by atoms with Crippen LogP contribution in [0.3, 0.4) is 0 Å². The molecule has 2 rings (SSSR count). The molecule has 0 aromatic heterocycles. The first kappa shape index (κ1) is 19.8. The standard InChI is InChI=1S/C22H19NO4/c1-16-7-9-17(10-8-16)5-3-4-6-18-11-13-19(14-12-18)21(25)23-20(15-24)22(26)27-2/h7-14,20,24H,15H2,1-2H3,(H,23,25)/t20-/m1/s1. The van der Waals surface area contributed by atoms with Crippen molar-refractivity contribution < 1.29 is 19.4 Å². The van der Waals surface area contributed by atoms with Crippen molar-refractivity contribution in [1.82, 2.24) is 5.32 Å². The first-order valence-electron chi connectivity index (χ1n) is 8.22. The molecule has 2 N–H and O–H groups in total. The van der Waals surface area contributed by atoms with Crippen LogP contribution in [-0.4, -0.2) is 36.7 Å². The molecule has 2 aromatic carbocycles. The van der Waals surface area contributed by atoms with Crippen molar-refractivity contribution in [2.75, 3.05) is 13.7 Å². The zero-order valence-electron chi connectivity index (χ0n) is 15.1. The van der Waals surface area contributed by atoms with Crippen molar-refractivity contribution in [2.24, 2.45) is 0 Å². The third-order valence-electron chi connectivity index (χ3n) is 3.65. The lowest BCUT2D eigenvalue weighted by atomic mass is 10.1. The Kier molecular flexibility index (Phi) is 7.19. The predicted octanol–water partition coefficient (Wildman–Crippen LogP) is 1.66. The van der Waals surface area contributed by atoms with E-state index in [4.69, 9.17) is 5.11 Å². The van der Waals surface area contributed by atoms with Crippen LogP contribution in [-0.2, 0) is 9.53 Å². The quantitative estimate of drug-likeness (QED) is 0.642. The molecule has 0 unspecified atom stereocenters. The second kappa shape index (κ2) is 9.82. The van der Waals surface area contributed by atoms with E-state index in [9.17, 15) is 9.59 Å². The third-order valence-corrected chi connectivity index (χ3v) is 3.65. The molecule has 0 saturated heterocycles. The van der Waals surface area contributed by atoms with E-state index >= 15 is 0 Å². The van der Waals surface area contributed by atoms with Crippen molar-refractivity contribution in [3.05, 3.63) is 70.8 Å². The van der Waals surface area contributed by atoms with E-state index in [-0.39, 0.29) is 0 Å². The van der Waals surface area contributed by atoms with Crippen LogP contribution in [0.4, 0.5) is 0 Å². The minimum Gasteiger partial charge on any atom is -0.467 e. The molecular formula is C22H19NO4. The summed E-state index contributed by atoms with van der Waals surface area (Å²) in [6.45, 7) is 1.47. The number of rotatable bonds is 4. The van der Waals surface area contributed by atoms with Gasteiger partial charge in [0.05, 0.1) is 13.7 Å². The van der Waals surface area contributed by atoms with E-state index in [1.54, 1.807) is 24.3 Å². The lowest BCUT2D eigenvalue weighted by molar-refractivity contribution is -0.143. The van der Waals surface area contributed by atoms with E-state index in [1.807, 2.05) is 31.2 Å². The Morgan fingerprint density at radius 3 is 2.00 bits per heavy atom. The number of hydrogen-bond donors (Lipinski definition) is 2. The molecule has 5 heteroatoms. The maximum atomic E-state index is 12.1. The summed E-state index contributed by atoms with van der Waals surface area (Å²) in [7, 11) is 1.19. The summed E-state index contributed by atoms with van der Waals surface area (Å²) in [6, 6.07) is 13.3. The van der Waals surface area contributed by atoms with Gasteiger partial charge in [-0.3, -0.25) is 4.79 Å². The van der Waals surface area contributed by atoms with Crippen molar-refractivity contribution in [1.29, 1.82) is 0 Å². The minimum atomic E-state index is -1.10. The van der Waals surface area contributed by atoms with Gasteiger partial charge in [0, 0.05) is 16.7 Å². The van der Waals surface area contributed by atoms with E-state index < -0.39 is 24.5 Å². The smallest absolute Gasteiger partial charge is 0.330 e. The molecular weight excluding hydrogens is 342 g/mol. The molecule has 2 aromatic rings. The number of benzene rings is 2. The van der Waals surface area contributed by atoms with E-state index in [1.165, 1.54) is 12.7 Å². The zero-order chi connectivity index (χ0) is 19.6. The lowest BCUT2D eigenvalue weighted by Crippen LogP contribution is -2.44.